The molecule has 1 heterocycles. The van der Waals surface area contributed by atoms with Crippen molar-refractivity contribution in [3.05, 3.63) is 70.9 Å². The van der Waals surface area contributed by atoms with Gasteiger partial charge in [-0.1, -0.05) is 36.4 Å². The Morgan fingerprint density at radius 2 is 1.76 bits per heavy atom. The van der Waals surface area contributed by atoms with E-state index < -0.39 is 12.0 Å². The maximum atomic E-state index is 13.0. The molecular weight excluding hydrogens is 372 g/mol. The molecule has 0 radical (unpaired) electrons. The number of urea groups is 1. The van der Waals surface area contributed by atoms with Crippen molar-refractivity contribution in [3.63, 3.8) is 0 Å². The number of hydrogen-bond donors (Lipinski definition) is 1. The average molecular weight is 396 g/mol. The molecule has 3 rings (SSSR count). The summed E-state index contributed by atoms with van der Waals surface area (Å²) in [5, 5.41) is 2.86. The zero-order valence-corrected chi connectivity index (χ0v) is 16.9. The summed E-state index contributed by atoms with van der Waals surface area (Å²) in [4.78, 5) is 26.8. The van der Waals surface area contributed by atoms with Crippen molar-refractivity contribution in [1.82, 2.24) is 10.2 Å². The molecule has 0 spiro atoms. The molecule has 0 unspecified atom stereocenters. The van der Waals surface area contributed by atoms with Gasteiger partial charge in [0.15, 0.2) is 11.5 Å². The molecule has 1 aliphatic rings. The third kappa shape index (κ3) is 4.18. The van der Waals surface area contributed by atoms with Gasteiger partial charge in [0.2, 0.25) is 0 Å². The molecule has 0 aliphatic carbocycles. The van der Waals surface area contributed by atoms with Crippen LogP contribution in [0, 0.1) is 0 Å². The minimum atomic E-state index is -0.665. The second-order valence-electron chi connectivity index (χ2n) is 6.62. The van der Waals surface area contributed by atoms with Gasteiger partial charge in [0, 0.05) is 12.7 Å². The summed E-state index contributed by atoms with van der Waals surface area (Å²) in [6.07, 6.45) is 0. The molecule has 1 atom stereocenters. The second-order valence-corrected chi connectivity index (χ2v) is 6.62. The summed E-state index contributed by atoms with van der Waals surface area (Å²) in [5.74, 6) is 0.579. The smallest absolute Gasteiger partial charge is 0.338 e. The van der Waals surface area contributed by atoms with Crippen molar-refractivity contribution in [2.75, 3.05) is 21.3 Å². The first-order valence-corrected chi connectivity index (χ1v) is 9.14. The van der Waals surface area contributed by atoms with Gasteiger partial charge in [-0.3, -0.25) is 0 Å². The zero-order valence-electron chi connectivity index (χ0n) is 16.9. The predicted molar refractivity (Wildman–Crippen MR) is 108 cm³/mol. The Hall–Kier alpha value is -3.48. The van der Waals surface area contributed by atoms with E-state index in [1.807, 2.05) is 30.3 Å². The van der Waals surface area contributed by atoms with Gasteiger partial charge in [-0.2, -0.15) is 0 Å². The summed E-state index contributed by atoms with van der Waals surface area (Å²) in [6, 6.07) is 13.7. The topological polar surface area (TPSA) is 77.1 Å². The molecule has 2 aromatic carbocycles. The van der Waals surface area contributed by atoms with Gasteiger partial charge >= 0.3 is 12.0 Å². The van der Waals surface area contributed by atoms with Crippen LogP contribution in [0.5, 0.6) is 11.5 Å². The lowest BCUT2D eigenvalue weighted by molar-refractivity contribution is -0.141. The van der Waals surface area contributed by atoms with E-state index in [1.54, 1.807) is 39.3 Å². The monoisotopic (exact) mass is 396 g/mol. The highest BCUT2D eigenvalue weighted by Gasteiger charge is 2.35. The highest BCUT2D eigenvalue weighted by molar-refractivity contribution is 5.95. The summed E-state index contributed by atoms with van der Waals surface area (Å²) in [6.45, 7) is 1.87. The average Bonchev–Trinajstić information content (AvgIpc) is 2.75. The lowest BCUT2D eigenvalue weighted by atomic mass is 9.94. The molecule has 1 aliphatic heterocycles. The summed E-state index contributed by atoms with van der Waals surface area (Å²) in [5.41, 5.74) is 2.48. The lowest BCUT2D eigenvalue weighted by Gasteiger charge is -2.33. The van der Waals surface area contributed by atoms with E-state index in [4.69, 9.17) is 14.2 Å². The standard InChI is InChI=1S/C22H24N2O5/c1-14-19(21(25)29-13-15-8-6-5-7-9-15)20(23-22(26)24(14)2)16-10-11-17(27-3)18(12-16)28-4/h5-12,20H,13H2,1-4H3,(H,23,26)/t20-/m0/s1. The molecule has 0 saturated carbocycles. The third-order valence-corrected chi connectivity index (χ3v) is 4.93. The number of amides is 2. The van der Waals surface area contributed by atoms with E-state index in [9.17, 15) is 9.59 Å². The molecule has 0 fully saturated rings. The van der Waals surface area contributed by atoms with Gasteiger partial charge in [-0.15, -0.1) is 0 Å². The molecule has 29 heavy (non-hydrogen) atoms. The number of ether oxygens (including phenoxy) is 3. The Bertz CT molecular complexity index is 939. The Kier molecular flexibility index (Phi) is 6.07. The highest BCUT2D eigenvalue weighted by Crippen LogP contribution is 2.35. The van der Waals surface area contributed by atoms with Crippen molar-refractivity contribution < 1.29 is 23.8 Å². The fourth-order valence-electron chi connectivity index (χ4n) is 3.18. The predicted octanol–water partition coefficient (Wildman–Crippen LogP) is 3.42. The van der Waals surface area contributed by atoms with Crippen LogP contribution < -0.4 is 14.8 Å². The van der Waals surface area contributed by atoms with E-state index in [2.05, 4.69) is 5.32 Å². The minimum absolute atomic E-state index is 0.146. The molecule has 0 saturated heterocycles. The van der Waals surface area contributed by atoms with E-state index in [-0.39, 0.29) is 12.6 Å². The van der Waals surface area contributed by atoms with Gasteiger partial charge in [-0.05, 0) is 30.2 Å². The summed E-state index contributed by atoms with van der Waals surface area (Å²) < 4.78 is 16.2. The third-order valence-electron chi connectivity index (χ3n) is 4.93. The molecule has 1 N–H and O–H groups in total. The van der Waals surface area contributed by atoms with Crippen molar-refractivity contribution in [3.8, 4) is 11.5 Å². The van der Waals surface area contributed by atoms with E-state index >= 15 is 0 Å². The zero-order chi connectivity index (χ0) is 21.0. The molecule has 152 valence electrons. The number of methoxy groups -OCH3 is 2. The second kappa shape index (κ2) is 8.68. The summed E-state index contributed by atoms with van der Waals surface area (Å²) in [7, 11) is 4.69. The molecular formula is C22H24N2O5. The number of nitrogens with zero attached hydrogens (tertiary/aromatic N) is 1. The van der Waals surface area contributed by atoms with Crippen LogP contribution in [0.2, 0.25) is 0 Å². The molecule has 0 aromatic heterocycles. The number of esters is 1. The fourth-order valence-corrected chi connectivity index (χ4v) is 3.18. The highest BCUT2D eigenvalue weighted by atomic mass is 16.5. The maximum Gasteiger partial charge on any atom is 0.338 e. The van der Waals surface area contributed by atoms with E-state index in [1.165, 1.54) is 12.0 Å². The SMILES string of the molecule is COc1ccc([C@@H]2NC(=O)N(C)C(C)=C2C(=O)OCc2ccccc2)cc1OC. The van der Waals surface area contributed by atoms with Crippen LogP contribution in [-0.2, 0) is 16.1 Å². The van der Waals surface area contributed by atoms with Gasteiger partial charge in [0.1, 0.15) is 6.61 Å². The van der Waals surface area contributed by atoms with Crippen LogP contribution in [0.15, 0.2) is 59.8 Å². The Morgan fingerprint density at radius 3 is 2.41 bits per heavy atom. The largest absolute Gasteiger partial charge is 0.493 e. The first-order valence-electron chi connectivity index (χ1n) is 9.14. The van der Waals surface area contributed by atoms with Crippen molar-refractivity contribution in [2.24, 2.45) is 0 Å². The number of carbonyl (C=O) groups excluding carboxylic acids is 2. The van der Waals surface area contributed by atoms with Crippen LogP contribution in [0.1, 0.15) is 24.1 Å². The van der Waals surface area contributed by atoms with Gasteiger partial charge in [0.25, 0.3) is 0 Å². The minimum Gasteiger partial charge on any atom is -0.493 e. The molecule has 7 nitrogen and oxygen atoms in total. The number of nitrogens with one attached hydrogen (secondary N) is 1. The molecule has 0 bridgehead atoms. The van der Waals surface area contributed by atoms with E-state index in [0.717, 1.165) is 5.56 Å². The molecule has 2 aromatic rings. The Morgan fingerprint density at radius 1 is 1.07 bits per heavy atom. The number of carbonyl (C=O) groups is 2. The summed E-state index contributed by atoms with van der Waals surface area (Å²) >= 11 is 0. The van der Waals surface area contributed by atoms with Crippen molar-refractivity contribution in [2.45, 2.75) is 19.6 Å². The lowest BCUT2D eigenvalue weighted by Crippen LogP contribution is -2.46. The number of allylic oxidation sites excluding steroid dienone is 1. The Labute approximate surface area is 169 Å². The number of hydrogen-bond acceptors (Lipinski definition) is 5. The van der Waals surface area contributed by atoms with Crippen molar-refractivity contribution >= 4 is 12.0 Å². The van der Waals surface area contributed by atoms with E-state index in [0.29, 0.717) is 28.3 Å². The van der Waals surface area contributed by atoms with Crippen LogP contribution >= 0.6 is 0 Å². The normalized spacial score (nSPS) is 16.3. The first kappa shape index (κ1) is 20.3. The van der Waals surface area contributed by atoms with Crippen molar-refractivity contribution in [1.29, 1.82) is 0 Å². The number of rotatable bonds is 6. The quantitative estimate of drug-likeness (QED) is 0.757. The fraction of sp³-hybridized carbons (Fsp3) is 0.273. The van der Waals surface area contributed by atoms with Crippen LogP contribution in [0.4, 0.5) is 4.79 Å². The van der Waals surface area contributed by atoms with Crippen LogP contribution in [-0.4, -0.2) is 38.2 Å². The van der Waals surface area contributed by atoms with Crippen LogP contribution in [0.3, 0.4) is 0 Å². The van der Waals surface area contributed by atoms with Gasteiger partial charge in [-0.25, -0.2) is 9.59 Å². The maximum absolute atomic E-state index is 13.0. The van der Waals surface area contributed by atoms with Crippen LogP contribution in [0.25, 0.3) is 0 Å². The Balaban J connectivity index is 1.94. The molecule has 7 heteroatoms. The number of benzene rings is 2. The molecule has 2 amide bonds. The van der Waals surface area contributed by atoms with Gasteiger partial charge < -0.3 is 24.4 Å². The van der Waals surface area contributed by atoms with Gasteiger partial charge in [0.05, 0.1) is 25.8 Å². The first-order chi connectivity index (χ1) is 14.0.